The maximum atomic E-state index is 13.3. The lowest BCUT2D eigenvalue weighted by atomic mass is 10.0. The smallest absolute Gasteiger partial charge is 0.254 e. The number of rotatable bonds is 2. The third-order valence-corrected chi connectivity index (χ3v) is 7.06. The van der Waals surface area contributed by atoms with Gasteiger partial charge in [-0.1, -0.05) is 30.3 Å². The predicted octanol–water partition coefficient (Wildman–Crippen LogP) is 5.35. The number of hydrogen-bond acceptors (Lipinski definition) is 4. The van der Waals surface area contributed by atoms with Crippen LogP contribution in [0.2, 0.25) is 0 Å². The lowest BCUT2D eigenvalue weighted by Gasteiger charge is -2.32. The summed E-state index contributed by atoms with van der Waals surface area (Å²) in [4.78, 5) is 17.4. The van der Waals surface area contributed by atoms with Crippen LogP contribution < -0.4 is 9.64 Å². The molecule has 0 saturated heterocycles. The molecule has 0 spiro atoms. The molecule has 0 bridgehead atoms. The largest absolute Gasteiger partial charge is 0.473 e. The predicted molar refractivity (Wildman–Crippen MR) is 138 cm³/mol. The highest BCUT2D eigenvalue weighted by Gasteiger charge is 2.28. The minimum Gasteiger partial charge on any atom is -0.473 e. The van der Waals surface area contributed by atoms with Gasteiger partial charge in [0.2, 0.25) is 0 Å². The van der Waals surface area contributed by atoms with E-state index in [2.05, 4.69) is 71.8 Å². The van der Waals surface area contributed by atoms with Gasteiger partial charge < -0.3 is 14.5 Å². The van der Waals surface area contributed by atoms with Crippen LogP contribution in [-0.4, -0.2) is 33.9 Å². The molecule has 0 unspecified atom stereocenters. The van der Waals surface area contributed by atoms with E-state index >= 15 is 0 Å². The van der Waals surface area contributed by atoms with Crippen molar-refractivity contribution >= 4 is 22.4 Å². The number of fused-ring (bicyclic) bond motifs is 4. The number of benzene rings is 3. The molecule has 0 atom stereocenters. The summed E-state index contributed by atoms with van der Waals surface area (Å²) in [7, 11) is 0. The molecule has 4 aromatic rings. The lowest BCUT2D eigenvalue weighted by Crippen LogP contribution is -2.37. The van der Waals surface area contributed by atoms with Crippen molar-refractivity contribution in [1.82, 2.24) is 14.7 Å². The molecule has 0 aliphatic carbocycles. The van der Waals surface area contributed by atoms with E-state index in [1.165, 1.54) is 22.0 Å². The molecule has 2 aliphatic rings. The third kappa shape index (κ3) is 3.83. The Hall–Kier alpha value is -3.80. The Morgan fingerprint density at radius 2 is 1.77 bits per heavy atom. The molecular weight excluding hydrogens is 436 g/mol. The fourth-order valence-electron chi connectivity index (χ4n) is 5.24. The van der Waals surface area contributed by atoms with Crippen LogP contribution in [0, 0.1) is 0 Å². The first-order chi connectivity index (χ1) is 16.9. The number of aromatic nitrogens is 2. The molecule has 0 N–H and O–H groups in total. The number of amides is 1. The molecule has 178 valence electrons. The third-order valence-electron chi connectivity index (χ3n) is 7.06. The lowest BCUT2D eigenvalue weighted by molar-refractivity contribution is 0.0732. The van der Waals surface area contributed by atoms with Crippen LogP contribution in [0.4, 0.5) is 5.69 Å². The molecule has 0 fully saturated rings. The zero-order valence-corrected chi connectivity index (χ0v) is 20.5. The topological polar surface area (TPSA) is 50.6 Å². The molecule has 1 amide bonds. The summed E-state index contributed by atoms with van der Waals surface area (Å²) in [5.74, 6) is 1.02. The van der Waals surface area contributed by atoms with Gasteiger partial charge in [-0.25, -0.2) is 0 Å². The molecule has 6 heteroatoms. The van der Waals surface area contributed by atoms with Gasteiger partial charge in [0.25, 0.3) is 5.91 Å². The monoisotopic (exact) mass is 466 g/mol. The van der Waals surface area contributed by atoms with Crippen molar-refractivity contribution in [3.05, 3.63) is 89.2 Å². The van der Waals surface area contributed by atoms with Crippen molar-refractivity contribution in [3.63, 3.8) is 0 Å². The zero-order valence-electron chi connectivity index (χ0n) is 20.5. The summed E-state index contributed by atoms with van der Waals surface area (Å²) in [6.45, 7) is 9.06. The number of ether oxygens (including phenoxy) is 1. The van der Waals surface area contributed by atoms with Crippen LogP contribution in [-0.2, 0) is 25.0 Å². The average molecular weight is 467 g/mol. The van der Waals surface area contributed by atoms with E-state index in [4.69, 9.17) is 4.74 Å². The highest BCUT2D eigenvalue weighted by Crippen LogP contribution is 2.34. The van der Waals surface area contributed by atoms with E-state index in [0.29, 0.717) is 25.4 Å². The first-order valence-corrected chi connectivity index (χ1v) is 12.2. The Morgan fingerprint density at radius 3 is 2.57 bits per heavy atom. The van der Waals surface area contributed by atoms with Gasteiger partial charge in [0.15, 0.2) is 6.73 Å². The van der Waals surface area contributed by atoms with Gasteiger partial charge in [-0.2, -0.15) is 5.10 Å². The Bertz CT molecular complexity index is 1420. The standard InChI is InChI=1S/C29H30N4O2/c1-29(2,3)33-26-14-15-31(17-22(26)16-30-33)28(34)21-8-11-23(12-9-21)32-18-25-24-7-5-4-6-20(24)10-13-27(25)35-19-32/h4-13,16H,14-15,17-19H2,1-3H3. The van der Waals surface area contributed by atoms with E-state index in [1.807, 2.05) is 35.4 Å². The molecule has 35 heavy (non-hydrogen) atoms. The molecular formula is C29H30N4O2. The van der Waals surface area contributed by atoms with Crippen LogP contribution in [0.5, 0.6) is 5.75 Å². The molecule has 6 nitrogen and oxygen atoms in total. The fraction of sp³-hybridized carbons (Fsp3) is 0.310. The minimum atomic E-state index is -0.0550. The number of nitrogens with zero attached hydrogens (tertiary/aromatic N) is 4. The Kier molecular flexibility index (Phi) is 5.06. The van der Waals surface area contributed by atoms with Crippen molar-refractivity contribution in [2.45, 2.75) is 45.8 Å². The maximum Gasteiger partial charge on any atom is 0.254 e. The van der Waals surface area contributed by atoms with Crippen LogP contribution in [0.15, 0.2) is 66.9 Å². The van der Waals surface area contributed by atoms with E-state index in [-0.39, 0.29) is 11.4 Å². The molecule has 2 aliphatic heterocycles. The molecule has 6 rings (SSSR count). The summed E-state index contributed by atoms with van der Waals surface area (Å²) >= 11 is 0. The molecule has 0 radical (unpaired) electrons. The summed E-state index contributed by atoms with van der Waals surface area (Å²) in [5, 5.41) is 7.04. The highest BCUT2D eigenvalue weighted by atomic mass is 16.5. The zero-order chi connectivity index (χ0) is 24.2. The van der Waals surface area contributed by atoms with Crippen molar-refractivity contribution in [2.24, 2.45) is 0 Å². The molecule has 3 heterocycles. The van der Waals surface area contributed by atoms with E-state index < -0.39 is 0 Å². The Balaban J connectivity index is 1.18. The Labute approximate surface area is 205 Å². The fourth-order valence-corrected chi connectivity index (χ4v) is 5.24. The van der Waals surface area contributed by atoms with Crippen molar-refractivity contribution in [2.75, 3.05) is 18.2 Å². The van der Waals surface area contributed by atoms with E-state index in [9.17, 15) is 4.79 Å². The van der Waals surface area contributed by atoms with Crippen molar-refractivity contribution in [1.29, 1.82) is 0 Å². The van der Waals surface area contributed by atoms with Crippen LogP contribution in [0.25, 0.3) is 10.8 Å². The summed E-state index contributed by atoms with van der Waals surface area (Å²) in [6.07, 6.45) is 2.75. The Morgan fingerprint density at radius 1 is 0.971 bits per heavy atom. The SMILES string of the molecule is CC(C)(C)n1ncc2c1CCN(C(=O)c1ccc(N3COc4ccc5ccccc5c4C3)cc1)C2. The molecule has 1 aromatic heterocycles. The van der Waals surface area contributed by atoms with Gasteiger partial charge in [0.1, 0.15) is 5.75 Å². The van der Waals surface area contributed by atoms with E-state index in [0.717, 1.165) is 30.0 Å². The van der Waals surface area contributed by atoms with Crippen LogP contribution >= 0.6 is 0 Å². The number of carbonyl (C=O) groups is 1. The number of hydrogen-bond donors (Lipinski definition) is 0. The van der Waals surface area contributed by atoms with Crippen LogP contribution in [0.3, 0.4) is 0 Å². The average Bonchev–Trinajstić information content (AvgIpc) is 3.32. The van der Waals surface area contributed by atoms with Gasteiger partial charge in [0, 0.05) is 47.6 Å². The van der Waals surface area contributed by atoms with Crippen molar-refractivity contribution < 1.29 is 9.53 Å². The highest BCUT2D eigenvalue weighted by molar-refractivity contribution is 5.94. The first kappa shape index (κ1) is 21.7. The van der Waals surface area contributed by atoms with E-state index in [1.54, 1.807) is 0 Å². The van der Waals surface area contributed by atoms with Gasteiger partial charge >= 0.3 is 0 Å². The maximum absolute atomic E-state index is 13.3. The summed E-state index contributed by atoms with van der Waals surface area (Å²) in [6, 6.07) is 20.5. The molecule has 0 saturated carbocycles. The summed E-state index contributed by atoms with van der Waals surface area (Å²) in [5.41, 5.74) is 5.30. The normalized spacial score (nSPS) is 15.5. The first-order valence-electron chi connectivity index (χ1n) is 12.2. The van der Waals surface area contributed by atoms with Gasteiger partial charge in [-0.3, -0.25) is 9.48 Å². The van der Waals surface area contributed by atoms with Gasteiger partial charge in [0.05, 0.1) is 18.3 Å². The minimum absolute atomic E-state index is 0.0550. The van der Waals surface area contributed by atoms with Gasteiger partial charge in [-0.05, 0) is 61.9 Å². The summed E-state index contributed by atoms with van der Waals surface area (Å²) < 4.78 is 8.17. The van der Waals surface area contributed by atoms with Gasteiger partial charge in [-0.15, -0.1) is 0 Å². The second kappa shape index (κ2) is 8.15. The number of carbonyl (C=O) groups excluding carboxylic acids is 1. The second-order valence-electron chi connectivity index (χ2n) is 10.5. The quantitative estimate of drug-likeness (QED) is 0.400. The second-order valence-corrected chi connectivity index (χ2v) is 10.5. The van der Waals surface area contributed by atoms with Crippen molar-refractivity contribution in [3.8, 4) is 5.75 Å². The number of anilines is 1. The molecule has 3 aromatic carbocycles. The van der Waals surface area contributed by atoms with Crippen LogP contribution in [0.1, 0.15) is 48.0 Å².